The molecule has 0 radical (unpaired) electrons. The number of aryl methyl sites for hydroxylation is 1. The number of aromatic nitrogens is 3. The number of H-pyrrole nitrogens is 2. The molecule has 74 valence electrons. The van der Waals surface area contributed by atoms with E-state index in [9.17, 15) is 0 Å². The first-order valence-electron chi connectivity index (χ1n) is 4.92. The topological polar surface area (TPSA) is 44.5 Å². The van der Waals surface area contributed by atoms with E-state index in [1.807, 2.05) is 12.3 Å². The Morgan fingerprint density at radius 2 is 2.07 bits per heavy atom. The van der Waals surface area contributed by atoms with Gasteiger partial charge in [0.2, 0.25) is 0 Å². The van der Waals surface area contributed by atoms with Gasteiger partial charge < -0.3 is 9.97 Å². The lowest BCUT2D eigenvalue weighted by molar-refractivity contribution is 1.30. The van der Waals surface area contributed by atoms with Crippen molar-refractivity contribution < 1.29 is 0 Å². The normalized spacial score (nSPS) is 11.0. The Morgan fingerprint density at radius 3 is 2.80 bits per heavy atom. The Balaban J connectivity index is 2.33. The summed E-state index contributed by atoms with van der Waals surface area (Å²) in [6.45, 7) is 2.12. The molecule has 0 atom stereocenters. The van der Waals surface area contributed by atoms with Crippen molar-refractivity contribution >= 4 is 10.9 Å². The number of hydrogen-bond acceptors (Lipinski definition) is 1. The van der Waals surface area contributed by atoms with Gasteiger partial charge in [-0.3, -0.25) is 0 Å². The van der Waals surface area contributed by atoms with Crippen molar-refractivity contribution in [3.63, 3.8) is 0 Å². The fraction of sp³-hybridized carbons (Fsp3) is 0.0833. The molecule has 3 heteroatoms. The molecule has 2 N–H and O–H groups in total. The van der Waals surface area contributed by atoms with Crippen LogP contribution in [0.4, 0.5) is 0 Å². The van der Waals surface area contributed by atoms with Crippen molar-refractivity contribution in [2.75, 3.05) is 0 Å². The third-order valence-corrected chi connectivity index (χ3v) is 2.73. The van der Waals surface area contributed by atoms with Gasteiger partial charge in [-0.1, -0.05) is 18.2 Å². The number of fused-ring (bicyclic) bond motifs is 1. The van der Waals surface area contributed by atoms with E-state index in [0.717, 1.165) is 11.4 Å². The maximum atomic E-state index is 4.03. The van der Waals surface area contributed by atoms with Crippen LogP contribution in [0.15, 0.2) is 36.8 Å². The minimum absolute atomic E-state index is 1.03. The van der Waals surface area contributed by atoms with Gasteiger partial charge in [-0.2, -0.15) is 0 Å². The lowest BCUT2D eigenvalue weighted by Crippen LogP contribution is -1.78. The Morgan fingerprint density at radius 1 is 1.20 bits per heavy atom. The zero-order valence-corrected chi connectivity index (χ0v) is 8.41. The number of para-hydroxylation sites is 1. The van der Waals surface area contributed by atoms with Gasteiger partial charge >= 0.3 is 0 Å². The largest absolute Gasteiger partial charge is 0.353 e. The minimum Gasteiger partial charge on any atom is -0.353 e. The van der Waals surface area contributed by atoms with Crippen LogP contribution in [-0.2, 0) is 0 Å². The van der Waals surface area contributed by atoms with E-state index < -0.39 is 0 Å². The standard InChI is InChI=1S/C12H11N3/c1-8-9-4-2-3-5-10(9)15-12(8)11-6-13-7-14-11/h2-7,15H,1H3,(H,13,14). The van der Waals surface area contributed by atoms with Crippen LogP contribution in [0.25, 0.3) is 22.3 Å². The molecule has 0 fully saturated rings. The Labute approximate surface area is 87.2 Å². The SMILES string of the molecule is Cc1c(-c2cnc[nH]2)[nH]c2ccccc12. The molecule has 0 amide bonds. The summed E-state index contributed by atoms with van der Waals surface area (Å²) in [6, 6.07) is 8.30. The molecule has 3 nitrogen and oxygen atoms in total. The molecular formula is C12H11N3. The number of nitrogens with zero attached hydrogens (tertiary/aromatic N) is 1. The van der Waals surface area contributed by atoms with Crippen molar-refractivity contribution in [2.24, 2.45) is 0 Å². The van der Waals surface area contributed by atoms with Crippen molar-refractivity contribution in [1.29, 1.82) is 0 Å². The molecule has 0 unspecified atom stereocenters. The highest BCUT2D eigenvalue weighted by molar-refractivity contribution is 5.89. The van der Waals surface area contributed by atoms with E-state index in [-0.39, 0.29) is 0 Å². The quantitative estimate of drug-likeness (QED) is 0.619. The average molecular weight is 197 g/mol. The third-order valence-electron chi connectivity index (χ3n) is 2.73. The molecule has 0 aliphatic rings. The second-order valence-corrected chi connectivity index (χ2v) is 3.64. The van der Waals surface area contributed by atoms with Gasteiger partial charge in [0.1, 0.15) is 0 Å². The summed E-state index contributed by atoms with van der Waals surface area (Å²) < 4.78 is 0. The van der Waals surface area contributed by atoms with Gasteiger partial charge in [0.15, 0.2) is 0 Å². The molecule has 0 spiro atoms. The van der Waals surface area contributed by atoms with Crippen LogP contribution in [0.2, 0.25) is 0 Å². The van der Waals surface area contributed by atoms with Crippen molar-refractivity contribution in [2.45, 2.75) is 6.92 Å². The highest BCUT2D eigenvalue weighted by Gasteiger charge is 2.09. The maximum absolute atomic E-state index is 4.03. The maximum Gasteiger partial charge on any atom is 0.0924 e. The zero-order valence-electron chi connectivity index (χ0n) is 8.41. The molecule has 3 rings (SSSR count). The highest BCUT2D eigenvalue weighted by atomic mass is 14.9. The summed E-state index contributed by atoms with van der Waals surface area (Å²) in [5.41, 5.74) is 4.58. The highest BCUT2D eigenvalue weighted by Crippen LogP contribution is 2.27. The molecular weight excluding hydrogens is 186 g/mol. The fourth-order valence-corrected chi connectivity index (χ4v) is 1.94. The van der Waals surface area contributed by atoms with Crippen LogP contribution in [-0.4, -0.2) is 15.0 Å². The van der Waals surface area contributed by atoms with Crippen LogP contribution in [0, 0.1) is 6.92 Å². The predicted molar refractivity (Wildman–Crippen MR) is 60.6 cm³/mol. The molecule has 0 aliphatic heterocycles. The molecule has 0 aliphatic carbocycles. The second-order valence-electron chi connectivity index (χ2n) is 3.64. The smallest absolute Gasteiger partial charge is 0.0924 e. The molecule has 0 saturated heterocycles. The van der Waals surface area contributed by atoms with Gasteiger partial charge in [-0.15, -0.1) is 0 Å². The van der Waals surface area contributed by atoms with Crippen LogP contribution in [0.3, 0.4) is 0 Å². The third kappa shape index (κ3) is 1.16. The van der Waals surface area contributed by atoms with E-state index in [2.05, 4.69) is 40.1 Å². The molecule has 2 aromatic heterocycles. The van der Waals surface area contributed by atoms with E-state index in [1.54, 1.807) is 6.33 Å². The van der Waals surface area contributed by atoms with Gasteiger partial charge in [0, 0.05) is 10.9 Å². The van der Waals surface area contributed by atoms with Gasteiger partial charge in [0.25, 0.3) is 0 Å². The van der Waals surface area contributed by atoms with Crippen molar-refractivity contribution in [1.82, 2.24) is 15.0 Å². The second kappa shape index (κ2) is 2.98. The Kier molecular flexibility index (Phi) is 1.65. The number of aromatic amines is 2. The number of benzene rings is 1. The average Bonchev–Trinajstić information content (AvgIpc) is 2.87. The number of imidazole rings is 1. The van der Waals surface area contributed by atoms with Crippen molar-refractivity contribution in [3.05, 3.63) is 42.4 Å². The van der Waals surface area contributed by atoms with E-state index >= 15 is 0 Å². The summed E-state index contributed by atoms with van der Waals surface area (Å²) in [7, 11) is 0. The number of rotatable bonds is 1. The number of nitrogens with one attached hydrogen (secondary N) is 2. The Hall–Kier alpha value is -2.03. The van der Waals surface area contributed by atoms with E-state index in [4.69, 9.17) is 0 Å². The van der Waals surface area contributed by atoms with Gasteiger partial charge in [0.05, 0.1) is 23.9 Å². The van der Waals surface area contributed by atoms with Crippen LogP contribution in [0.5, 0.6) is 0 Å². The van der Waals surface area contributed by atoms with Crippen molar-refractivity contribution in [3.8, 4) is 11.4 Å². The first kappa shape index (κ1) is 8.29. The first-order chi connectivity index (χ1) is 7.36. The van der Waals surface area contributed by atoms with E-state index in [1.165, 1.54) is 16.5 Å². The summed E-state index contributed by atoms with van der Waals surface area (Å²) in [5.74, 6) is 0. The predicted octanol–water partition coefficient (Wildman–Crippen LogP) is 2.87. The summed E-state index contributed by atoms with van der Waals surface area (Å²) in [6.07, 6.45) is 3.53. The molecule has 2 heterocycles. The summed E-state index contributed by atoms with van der Waals surface area (Å²) >= 11 is 0. The number of hydrogen-bond donors (Lipinski definition) is 2. The molecule has 0 saturated carbocycles. The zero-order chi connectivity index (χ0) is 10.3. The molecule has 1 aromatic carbocycles. The monoisotopic (exact) mass is 197 g/mol. The molecule has 15 heavy (non-hydrogen) atoms. The van der Waals surface area contributed by atoms with E-state index in [0.29, 0.717) is 0 Å². The minimum atomic E-state index is 1.03. The summed E-state index contributed by atoms with van der Waals surface area (Å²) in [4.78, 5) is 10.5. The lowest BCUT2D eigenvalue weighted by atomic mass is 10.1. The van der Waals surface area contributed by atoms with Gasteiger partial charge in [-0.05, 0) is 18.6 Å². The van der Waals surface area contributed by atoms with Crippen LogP contribution < -0.4 is 0 Å². The lowest BCUT2D eigenvalue weighted by Gasteiger charge is -1.94. The first-order valence-corrected chi connectivity index (χ1v) is 4.92. The molecule has 3 aromatic rings. The summed E-state index contributed by atoms with van der Waals surface area (Å²) in [5, 5.41) is 1.27. The van der Waals surface area contributed by atoms with Gasteiger partial charge in [-0.25, -0.2) is 4.98 Å². The van der Waals surface area contributed by atoms with Crippen LogP contribution >= 0.6 is 0 Å². The molecule has 0 bridgehead atoms. The van der Waals surface area contributed by atoms with Crippen LogP contribution in [0.1, 0.15) is 5.56 Å². The Bertz CT molecular complexity index is 590. The fourth-order valence-electron chi connectivity index (χ4n) is 1.94.